The van der Waals surface area contributed by atoms with Crippen molar-refractivity contribution in [1.29, 1.82) is 0 Å². The van der Waals surface area contributed by atoms with Crippen molar-refractivity contribution in [3.8, 4) is 0 Å². The molecule has 2 rings (SSSR count). The van der Waals surface area contributed by atoms with E-state index in [1.54, 1.807) is 10.6 Å². The molecule has 140 valence electrons. The summed E-state index contributed by atoms with van der Waals surface area (Å²) in [6.45, 7) is 14.2. The van der Waals surface area contributed by atoms with Crippen molar-refractivity contribution in [2.45, 2.75) is 51.7 Å². The number of amides is 1. The third-order valence-electron chi connectivity index (χ3n) is 4.55. The van der Waals surface area contributed by atoms with Gasteiger partial charge in [-0.05, 0) is 13.1 Å². The van der Waals surface area contributed by atoms with Gasteiger partial charge in [0.25, 0.3) is 5.56 Å². The lowest BCUT2D eigenvalue weighted by Gasteiger charge is -2.27. The number of carbonyl (C=O) groups is 1. The van der Waals surface area contributed by atoms with Crippen molar-refractivity contribution < 1.29 is 4.79 Å². The lowest BCUT2D eigenvalue weighted by molar-refractivity contribution is -0.124. The maximum atomic E-state index is 12.5. The van der Waals surface area contributed by atoms with E-state index in [4.69, 9.17) is 0 Å². The van der Waals surface area contributed by atoms with Crippen LogP contribution >= 0.6 is 11.8 Å². The predicted octanol–water partition coefficient (Wildman–Crippen LogP) is 1.72. The molecule has 1 aromatic rings. The maximum absolute atomic E-state index is 12.5. The molecule has 7 heteroatoms. The van der Waals surface area contributed by atoms with E-state index in [-0.39, 0.29) is 22.8 Å². The van der Waals surface area contributed by atoms with Gasteiger partial charge in [-0.3, -0.25) is 14.2 Å². The second-order valence-electron chi connectivity index (χ2n) is 7.45. The van der Waals surface area contributed by atoms with Gasteiger partial charge in [-0.25, -0.2) is 4.98 Å². The summed E-state index contributed by atoms with van der Waals surface area (Å²) >= 11 is 1.50. The fourth-order valence-corrected chi connectivity index (χ4v) is 3.87. The van der Waals surface area contributed by atoms with Gasteiger partial charge in [0, 0.05) is 36.9 Å². The summed E-state index contributed by atoms with van der Waals surface area (Å²) in [5.74, 6) is 0.503. The van der Waals surface area contributed by atoms with Crippen molar-refractivity contribution in [3.05, 3.63) is 22.1 Å². The monoisotopic (exact) mass is 366 g/mol. The molecule has 0 bridgehead atoms. The van der Waals surface area contributed by atoms with E-state index in [1.165, 1.54) is 11.8 Å². The first-order valence-electron chi connectivity index (χ1n) is 9.01. The number of thioether (sulfide) groups is 1. The molecule has 0 radical (unpaired) electrons. The summed E-state index contributed by atoms with van der Waals surface area (Å²) in [5, 5.41) is 3.73. The third kappa shape index (κ3) is 5.07. The summed E-state index contributed by atoms with van der Waals surface area (Å²) in [5.41, 5.74) is 0.579. The Kier molecular flexibility index (Phi) is 6.68. The number of fused-ring (bicyclic) bond motifs is 1. The smallest absolute Gasteiger partial charge is 0.254 e. The molecular weight excluding hydrogens is 336 g/mol. The molecule has 1 aromatic heterocycles. The van der Waals surface area contributed by atoms with Gasteiger partial charge in [0.05, 0.1) is 11.6 Å². The largest absolute Gasteiger partial charge is 0.354 e. The molecule has 1 aliphatic heterocycles. The quantitative estimate of drug-likeness (QED) is 0.777. The fraction of sp³-hybridized carbons (Fsp3) is 0.722. The molecule has 0 aromatic carbocycles. The Labute approximate surface area is 154 Å². The summed E-state index contributed by atoms with van der Waals surface area (Å²) < 4.78 is 1.64. The molecule has 25 heavy (non-hydrogen) atoms. The van der Waals surface area contributed by atoms with Crippen molar-refractivity contribution in [2.75, 3.05) is 31.9 Å². The minimum absolute atomic E-state index is 0.0251. The lowest BCUT2D eigenvalue weighted by atomic mass is 9.92. The normalized spacial score (nSPS) is 17.4. The first kappa shape index (κ1) is 20.0. The fourth-order valence-electron chi connectivity index (χ4n) is 2.78. The second-order valence-corrected chi connectivity index (χ2v) is 8.44. The van der Waals surface area contributed by atoms with Crippen molar-refractivity contribution in [3.63, 3.8) is 0 Å². The van der Waals surface area contributed by atoms with Gasteiger partial charge < -0.3 is 10.2 Å². The Balaban J connectivity index is 2.01. The molecule has 1 unspecified atom stereocenters. The van der Waals surface area contributed by atoms with E-state index in [0.29, 0.717) is 18.8 Å². The first-order valence-corrected chi connectivity index (χ1v) is 10.00. The van der Waals surface area contributed by atoms with Gasteiger partial charge in [0.15, 0.2) is 5.16 Å². The highest BCUT2D eigenvalue weighted by Crippen LogP contribution is 2.27. The van der Waals surface area contributed by atoms with Crippen LogP contribution in [0.1, 0.15) is 40.3 Å². The number of hydrogen-bond acceptors (Lipinski definition) is 5. The molecule has 0 saturated carbocycles. The molecule has 0 aliphatic carbocycles. The number of aromatic nitrogens is 2. The van der Waals surface area contributed by atoms with Gasteiger partial charge >= 0.3 is 0 Å². The average Bonchev–Trinajstić information content (AvgIpc) is 2.57. The summed E-state index contributed by atoms with van der Waals surface area (Å²) in [6.07, 6.45) is 0. The number of rotatable bonds is 6. The van der Waals surface area contributed by atoms with Gasteiger partial charge in [-0.1, -0.05) is 46.4 Å². The van der Waals surface area contributed by atoms with E-state index >= 15 is 0 Å². The number of nitrogens with zero attached hydrogens (tertiary/aromatic N) is 3. The highest BCUT2D eigenvalue weighted by atomic mass is 32.2. The molecule has 1 aliphatic rings. The van der Waals surface area contributed by atoms with Crippen LogP contribution in [0.5, 0.6) is 0 Å². The molecule has 1 atom stereocenters. The Morgan fingerprint density at radius 3 is 2.68 bits per heavy atom. The van der Waals surface area contributed by atoms with Crippen LogP contribution in [0.25, 0.3) is 0 Å². The van der Waals surface area contributed by atoms with Crippen molar-refractivity contribution in [2.24, 2.45) is 5.92 Å². The van der Waals surface area contributed by atoms with Crippen LogP contribution in [-0.2, 0) is 16.8 Å². The molecule has 0 fully saturated rings. The molecule has 1 N–H and O–H groups in total. The number of likely N-dealkylation sites (N-methyl/N-ethyl adjacent to an activating group) is 1. The number of nitrogens with one attached hydrogen (secondary N) is 1. The van der Waals surface area contributed by atoms with Crippen LogP contribution in [0.2, 0.25) is 0 Å². The van der Waals surface area contributed by atoms with Crippen LogP contribution in [0.15, 0.2) is 16.0 Å². The van der Waals surface area contributed by atoms with E-state index in [0.717, 1.165) is 30.5 Å². The zero-order valence-corrected chi connectivity index (χ0v) is 16.8. The minimum Gasteiger partial charge on any atom is -0.354 e. The third-order valence-corrected chi connectivity index (χ3v) is 5.69. The van der Waals surface area contributed by atoms with Crippen LogP contribution in [-0.4, -0.2) is 52.3 Å². The van der Waals surface area contributed by atoms with Crippen LogP contribution < -0.4 is 10.9 Å². The molecular formula is C18H30N4O2S. The summed E-state index contributed by atoms with van der Waals surface area (Å²) in [6, 6.07) is 1.60. The first-order chi connectivity index (χ1) is 11.8. The van der Waals surface area contributed by atoms with Crippen LogP contribution in [0.3, 0.4) is 0 Å². The topological polar surface area (TPSA) is 67.2 Å². The Morgan fingerprint density at radius 2 is 2.08 bits per heavy atom. The van der Waals surface area contributed by atoms with Gasteiger partial charge in [-0.15, -0.1) is 0 Å². The van der Waals surface area contributed by atoms with Crippen LogP contribution in [0.4, 0.5) is 0 Å². The van der Waals surface area contributed by atoms with E-state index in [9.17, 15) is 9.59 Å². The molecule has 0 spiro atoms. The zero-order chi connectivity index (χ0) is 18.6. The zero-order valence-electron chi connectivity index (χ0n) is 16.0. The van der Waals surface area contributed by atoms with E-state index in [2.05, 4.69) is 29.0 Å². The van der Waals surface area contributed by atoms with E-state index in [1.807, 2.05) is 20.8 Å². The van der Waals surface area contributed by atoms with Gasteiger partial charge in [0.1, 0.15) is 0 Å². The van der Waals surface area contributed by atoms with Gasteiger partial charge in [-0.2, -0.15) is 0 Å². The number of carbonyl (C=O) groups excluding carboxylic acids is 1. The van der Waals surface area contributed by atoms with Crippen LogP contribution in [0, 0.1) is 5.92 Å². The van der Waals surface area contributed by atoms with Crippen molar-refractivity contribution >= 4 is 17.7 Å². The molecule has 6 nitrogen and oxygen atoms in total. The lowest BCUT2D eigenvalue weighted by Crippen LogP contribution is -2.42. The van der Waals surface area contributed by atoms with Crippen molar-refractivity contribution in [1.82, 2.24) is 19.8 Å². The summed E-state index contributed by atoms with van der Waals surface area (Å²) in [4.78, 5) is 31.8. The average molecular weight is 367 g/mol. The molecule has 1 amide bonds. The Morgan fingerprint density at radius 1 is 1.40 bits per heavy atom. The van der Waals surface area contributed by atoms with Gasteiger partial charge in [0.2, 0.25) is 5.91 Å². The van der Waals surface area contributed by atoms with E-state index < -0.39 is 0 Å². The highest BCUT2D eigenvalue weighted by Gasteiger charge is 2.28. The second kappa shape index (κ2) is 8.36. The predicted molar refractivity (Wildman–Crippen MR) is 102 cm³/mol. The standard InChI is InChI=1S/C18H30N4O2S/c1-6-21(7-2)9-8-19-16(24)13-11-22-15(23)10-14(18(3,4)5)20-17(22)25-12-13/h10,13H,6-9,11-12H2,1-5H3,(H,19,24). The SMILES string of the molecule is CCN(CC)CCNC(=O)C1CSc2nc(C(C)(C)C)cc(=O)n2C1. The minimum atomic E-state index is -0.186. The molecule has 2 heterocycles. The summed E-state index contributed by atoms with van der Waals surface area (Å²) in [7, 11) is 0. The molecule has 0 saturated heterocycles. The Bertz CT molecular complexity index is 662. The number of hydrogen-bond donors (Lipinski definition) is 1. The highest BCUT2D eigenvalue weighted by molar-refractivity contribution is 7.99. The maximum Gasteiger partial charge on any atom is 0.254 e. The Hall–Kier alpha value is -1.34.